The van der Waals surface area contributed by atoms with Crippen LogP contribution in [-0.4, -0.2) is 7.11 Å². The van der Waals surface area contributed by atoms with Gasteiger partial charge in [0.2, 0.25) is 0 Å². The molecular formula is C21H24O. The van der Waals surface area contributed by atoms with E-state index < -0.39 is 0 Å². The zero-order chi connectivity index (χ0) is 15.5. The van der Waals surface area contributed by atoms with Gasteiger partial charge in [0, 0.05) is 5.56 Å². The first-order valence-electron chi connectivity index (χ1n) is 8.20. The number of fused-ring (bicyclic) bond motifs is 1. The maximum atomic E-state index is 5.69. The third-order valence-corrected chi connectivity index (χ3v) is 4.59. The van der Waals surface area contributed by atoms with E-state index in [1.165, 1.54) is 52.7 Å². The maximum Gasteiger partial charge on any atom is 0.127 e. The average Bonchev–Trinajstić information content (AvgIpc) is 2.88. The summed E-state index contributed by atoms with van der Waals surface area (Å²) in [6, 6.07) is 15.0. The summed E-state index contributed by atoms with van der Waals surface area (Å²) in [4.78, 5) is 0. The van der Waals surface area contributed by atoms with E-state index in [0.717, 1.165) is 12.2 Å². The van der Waals surface area contributed by atoms with Gasteiger partial charge in [0.25, 0.3) is 0 Å². The maximum absolute atomic E-state index is 5.69. The molecule has 0 radical (unpaired) electrons. The van der Waals surface area contributed by atoms with Crippen molar-refractivity contribution in [1.82, 2.24) is 0 Å². The Bertz CT molecular complexity index is 695. The van der Waals surface area contributed by atoms with E-state index in [2.05, 4.69) is 56.3 Å². The van der Waals surface area contributed by atoms with Crippen molar-refractivity contribution in [1.29, 1.82) is 0 Å². The lowest BCUT2D eigenvalue weighted by Gasteiger charge is -2.17. The van der Waals surface area contributed by atoms with E-state index in [4.69, 9.17) is 4.74 Å². The van der Waals surface area contributed by atoms with Gasteiger partial charge in [0.1, 0.15) is 5.75 Å². The van der Waals surface area contributed by atoms with Gasteiger partial charge in [-0.15, -0.1) is 0 Å². The number of allylic oxidation sites excluding steroid dienone is 2. The fraction of sp³-hybridized carbons (Fsp3) is 0.333. The molecule has 0 aromatic heterocycles. The molecule has 1 heteroatoms. The van der Waals surface area contributed by atoms with Crippen molar-refractivity contribution in [2.45, 2.75) is 39.5 Å². The monoisotopic (exact) mass is 292 g/mol. The molecule has 2 aromatic carbocycles. The van der Waals surface area contributed by atoms with Crippen molar-refractivity contribution in [3.8, 4) is 16.9 Å². The minimum Gasteiger partial charge on any atom is -0.496 e. The minimum atomic E-state index is 0.980. The Hall–Kier alpha value is -2.02. The molecule has 1 aliphatic carbocycles. The smallest absolute Gasteiger partial charge is 0.127 e. The molecule has 1 nitrogen and oxygen atoms in total. The van der Waals surface area contributed by atoms with Crippen LogP contribution in [0.2, 0.25) is 0 Å². The number of benzene rings is 2. The minimum absolute atomic E-state index is 0.980. The first-order valence-corrected chi connectivity index (χ1v) is 8.20. The van der Waals surface area contributed by atoms with E-state index in [0.29, 0.717) is 0 Å². The molecule has 0 unspecified atom stereocenters. The molecule has 0 bridgehead atoms. The first-order chi connectivity index (χ1) is 10.8. The molecule has 22 heavy (non-hydrogen) atoms. The summed E-state index contributed by atoms with van der Waals surface area (Å²) in [7, 11) is 1.77. The lowest BCUT2D eigenvalue weighted by Crippen LogP contribution is -1.96. The third-order valence-electron chi connectivity index (χ3n) is 4.59. The van der Waals surface area contributed by atoms with Gasteiger partial charge in [-0.25, -0.2) is 0 Å². The average molecular weight is 292 g/mol. The molecule has 2 aromatic rings. The zero-order valence-electron chi connectivity index (χ0n) is 13.8. The van der Waals surface area contributed by atoms with E-state index in [1.807, 2.05) is 0 Å². The van der Waals surface area contributed by atoms with Crippen LogP contribution < -0.4 is 4.74 Å². The van der Waals surface area contributed by atoms with E-state index in [9.17, 15) is 0 Å². The van der Waals surface area contributed by atoms with Gasteiger partial charge < -0.3 is 4.74 Å². The standard InChI is InChI=1S/C21H24O/c1-4-5-11-18-15(2)14-17-12-13-19(22-3)21(20(17)18)16-9-7-6-8-10-16/h6-10,12-13H,4-5,11,14H2,1-3H3. The van der Waals surface area contributed by atoms with Gasteiger partial charge in [-0.1, -0.05) is 55.3 Å². The molecule has 0 fully saturated rings. The lowest BCUT2D eigenvalue weighted by atomic mass is 9.90. The molecule has 0 saturated carbocycles. The largest absolute Gasteiger partial charge is 0.496 e. The second-order valence-electron chi connectivity index (χ2n) is 6.08. The summed E-state index contributed by atoms with van der Waals surface area (Å²) < 4.78 is 5.69. The van der Waals surface area contributed by atoms with Crippen LogP contribution in [0, 0.1) is 0 Å². The zero-order valence-corrected chi connectivity index (χ0v) is 13.8. The SMILES string of the molecule is CCCCC1=C(C)Cc2ccc(OC)c(-c3ccccc3)c21. The molecule has 0 amide bonds. The number of rotatable bonds is 5. The number of hydrogen-bond donors (Lipinski definition) is 0. The molecule has 0 saturated heterocycles. The quantitative estimate of drug-likeness (QED) is 0.668. The van der Waals surface area contributed by atoms with Crippen molar-refractivity contribution in [2.24, 2.45) is 0 Å². The van der Waals surface area contributed by atoms with Crippen molar-refractivity contribution < 1.29 is 4.74 Å². The Morgan fingerprint density at radius 2 is 1.77 bits per heavy atom. The van der Waals surface area contributed by atoms with Crippen LogP contribution in [0.1, 0.15) is 44.2 Å². The van der Waals surface area contributed by atoms with Gasteiger partial charge >= 0.3 is 0 Å². The predicted octanol–water partition coefficient (Wildman–Crippen LogP) is 5.88. The molecule has 0 atom stereocenters. The number of ether oxygens (including phenoxy) is 1. The van der Waals surface area contributed by atoms with E-state index >= 15 is 0 Å². The van der Waals surface area contributed by atoms with Crippen LogP contribution in [0.15, 0.2) is 48.0 Å². The highest BCUT2D eigenvalue weighted by atomic mass is 16.5. The highest BCUT2D eigenvalue weighted by Crippen LogP contribution is 2.45. The van der Waals surface area contributed by atoms with Gasteiger partial charge in [-0.3, -0.25) is 0 Å². The van der Waals surface area contributed by atoms with Gasteiger partial charge in [0.05, 0.1) is 7.11 Å². The van der Waals surface area contributed by atoms with E-state index in [1.54, 1.807) is 7.11 Å². The Morgan fingerprint density at radius 3 is 2.45 bits per heavy atom. The lowest BCUT2D eigenvalue weighted by molar-refractivity contribution is 0.416. The Morgan fingerprint density at radius 1 is 1.00 bits per heavy atom. The van der Waals surface area contributed by atoms with Crippen LogP contribution in [0.4, 0.5) is 0 Å². The van der Waals surface area contributed by atoms with Gasteiger partial charge in [-0.05, 0) is 54.5 Å². The van der Waals surface area contributed by atoms with Crippen LogP contribution in [0.25, 0.3) is 16.7 Å². The summed E-state index contributed by atoms with van der Waals surface area (Å²) >= 11 is 0. The van der Waals surface area contributed by atoms with Gasteiger partial charge in [0.15, 0.2) is 0 Å². The van der Waals surface area contributed by atoms with Crippen molar-refractivity contribution in [2.75, 3.05) is 7.11 Å². The van der Waals surface area contributed by atoms with Crippen LogP contribution in [-0.2, 0) is 6.42 Å². The summed E-state index contributed by atoms with van der Waals surface area (Å²) in [5, 5.41) is 0. The second kappa shape index (κ2) is 6.39. The summed E-state index contributed by atoms with van der Waals surface area (Å²) in [5.41, 5.74) is 8.45. The van der Waals surface area contributed by atoms with Crippen molar-refractivity contribution in [3.63, 3.8) is 0 Å². The summed E-state index contributed by atoms with van der Waals surface area (Å²) in [5.74, 6) is 0.980. The van der Waals surface area contributed by atoms with E-state index in [-0.39, 0.29) is 0 Å². The predicted molar refractivity (Wildman–Crippen MR) is 94.3 cm³/mol. The Kier molecular flexibility index (Phi) is 4.33. The van der Waals surface area contributed by atoms with Crippen LogP contribution in [0.5, 0.6) is 5.75 Å². The molecule has 0 spiro atoms. The Balaban J connectivity index is 2.19. The molecule has 3 rings (SSSR count). The number of unbranched alkanes of at least 4 members (excludes halogenated alkanes) is 1. The van der Waals surface area contributed by atoms with Crippen LogP contribution >= 0.6 is 0 Å². The fourth-order valence-electron chi connectivity index (χ4n) is 3.48. The molecule has 1 aliphatic rings. The fourth-order valence-corrected chi connectivity index (χ4v) is 3.48. The van der Waals surface area contributed by atoms with Crippen molar-refractivity contribution >= 4 is 5.57 Å². The summed E-state index contributed by atoms with van der Waals surface area (Å²) in [6.45, 7) is 4.54. The highest BCUT2D eigenvalue weighted by molar-refractivity contribution is 5.90. The normalized spacial score (nSPS) is 13.4. The highest BCUT2D eigenvalue weighted by Gasteiger charge is 2.24. The molecule has 114 valence electrons. The second-order valence-corrected chi connectivity index (χ2v) is 6.08. The third kappa shape index (κ3) is 2.56. The van der Waals surface area contributed by atoms with Gasteiger partial charge in [-0.2, -0.15) is 0 Å². The molecule has 0 heterocycles. The Labute approximate surface area is 133 Å². The number of hydrogen-bond acceptors (Lipinski definition) is 1. The summed E-state index contributed by atoms with van der Waals surface area (Å²) in [6.07, 6.45) is 4.73. The first kappa shape index (κ1) is 14.9. The van der Waals surface area contributed by atoms with Crippen molar-refractivity contribution in [3.05, 3.63) is 59.2 Å². The topological polar surface area (TPSA) is 9.23 Å². The molecule has 0 N–H and O–H groups in total. The molecule has 0 aliphatic heterocycles. The van der Waals surface area contributed by atoms with Crippen LogP contribution in [0.3, 0.4) is 0 Å². The number of methoxy groups -OCH3 is 1. The molecular weight excluding hydrogens is 268 g/mol.